The number of nitrogens with one attached hydrogen (secondary N) is 1. The van der Waals surface area contributed by atoms with Crippen molar-refractivity contribution in [2.24, 2.45) is 0 Å². The molecular weight excluding hydrogens is 278 g/mol. The van der Waals surface area contributed by atoms with Crippen LogP contribution in [0, 0.1) is 0 Å². The fraction of sp³-hybridized carbons (Fsp3) is 0.533. The van der Waals surface area contributed by atoms with Gasteiger partial charge in [-0.1, -0.05) is 18.5 Å². The lowest BCUT2D eigenvalue weighted by Gasteiger charge is -2.18. The second-order valence-electron chi connectivity index (χ2n) is 4.85. The minimum absolute atomic E-state index is 0.0991. The smallest absolute Gasteiger partial charge is 0.261 e. The lowest BCUT2D eigenvalue weighted by molar-refractivity contribution is -0.128. The van der Waals surface area contributed by atoms with Crippen LogP contribution in [0.25, 0.3) is 0 Å². The van der Waals surface area contributed by atoms with Crippen LogP contribution in [0.5, 0.6) is 5.75 Å². The van der Waals surface area contributed by atoms with Gasteiger partial charge in [0.2, 0.25) is 0 Å². The van der Waals surface area contributed by atoms with E-state index in [9.17, 15) is 4.79 Å². The molecule has 1 aromatic rings. The van der Waals surface area contributed by atoms with Crippen LogP contribution in [-0.4, -0.2) is 31.3 Å². The second-order valence-corrected chi connectivity index (χ2v) is 5.29. The Morgan fingerprint density at radius 2 is 2.25 bits per heavy atom. The van der Waals surface area contributed by atoms with Crippen LogP contribution < -0.4 is 10.1 Å². The molecule has 0 unspecified atom stereocenters. The van der Waals surface area contributed by atoms with Crippen molar-refractivity contribution in [3.8, 4) is 5.75 Å². The fourth-order valence-electron chi connectivity index (χ4n) is 2.13. The molecule has 1 aromatic carbocycles. The first kappa shape index (κ1) is 15.1. The van der Waals surface area contributed by atoms with Gasteiger partial charge in [0.1, 0.15) is 5.75 Å². The molecule has 2 rings (SSSR count). The molecule has 0 spiro atoms. The van der Waals surface area contributed by atoms with Crippen LogP contribution in [-0.2, 0) is 9.53 Å². The van der Waals surface area contributed by atoms with Crippen molar-refractivity contribution in [2.45, 2.75) is 38.4 Å². The Balaban J connectivity index is 1.83. The van der Waals surface area contributed by atoms with E-state index < -0.39 is 6.10 Å². The Labute approximate surface area is 124 Å². The van der Waals surface area contributed by atoms with Gasteiger partial charge in [-0.25, -0.2) is 0 Å². The SMILES string of the molecule is CC[C@@H](Oc1ccc(Cl)cc1)C(=O)NC[C@H]1CCCO1. The molecule has 20 heavy (non-hydrogen) atoms. The summed E-state index contributed by atoms with van der Waals surface area (Å²) in [6.07, 6.45) is 2.35. The normalized spacial score (nSPS) is 19.6. The third-order valence-electron chi connectivity index (χ3n) is 3.28. The molecule has 2 atom stereocenters. The van der Waals surface area contributed by atoms with Gasteiger partial charge in [-0.05, 0) is 43.5 Å². The second kappa shape index (κ2) is 7.50. The van der Waals surface area contributed by atoms with E-state index in [1.54, 1.807) is 24.3 Å². The lowest BCUT2D eigenvalue weighted by Crippen LogP contribution is -2.41. The highest BCUT2D eigenvalue weighted by Gasteiger charge is 2.21. The molecule has 0 bridgehead atoms. The topological polar surface area (TPSA) is 47.6 Å². The van der Waals surface area contributed by atoms with Gasteiger partial charge in [0, 0.05) is 18.2 Å². The maximum atomic E-state index is 12.1. The van der Waals surface area contributed by atoms with E-state index in [2.05, 4.69) is 5.32 Å². The summed E-state index contributed by atoms with van der Waals surface area (Å²) in [6, 6.07) is 7.01. The zero-order valence-electron chi connectivity index (χ0n) is 11.6. The molecule has 110 valence electrons. The van der Waals surface area contributed by atoms with E-state index in [1.807, 2.05) is 6.92 Å². The molecule has 1 fully saturated rings. The van der Waals surface area contributed by atoms with E-state index in [0.717, 1.165) is 19.4 Å². The van der Waals surface area contributed by atoms with Crippen molar-refractivity contribution in [1.82, 2.24) is 5.32 Å². The van der Waals surface area contributed by atoms with Crippen LogP contribution in [0.3, 0.4) is 0 Å². The van der Waals surface area contributed by atoms with Crippen LogP contribution in [0.15, 0.2) is 24.3 Å². The molecule has 1 aliphatic rings. The molecule has 0 saturated carbocycles. The van der Waals surface area contributed by atoms with Crippen LogP contribution in [0.2, 0.25) is 5.02 Å². The maximum absolute atomic E-state index is 12.1. The molecule has 1 heterocycles. The first-order valence-corrected chi connectivity index (χ1v) is 7.38. The number of amides is 1. The monoisotopic (exact) mass is 297 g/mol. The minimum Gasteiger partial charge on any atom is -0.481 e. The molecule has 0 aliphatic carbocycles. The maximum Gasteiger partial charge on any atom is 0.261 e. The summed E-state index contributed by atoms with van der Waals surface area (Å²) in [7, 11) is 0. The average Bonchev–Trinajstić information content (AvgIpc) is 2.97. The number of carbonyl (C=O) groups excluding carboxylic acids is 1. The molecule has 1 amide bonds. The minimum atomic E-state index is -0.488. The number of rotatable bonds is 6. The van der Waals surface area contributed by atoms with E-state index >= 15 is 0 Å². The van der Waals surface area contributed by atoms with Gasteiger partial charge in [0.15, 0.2) is 6.10 Å². The summed E-state index contributed by atoms with van der Waals surface area (Å²) in [6.45, 7) is 3.27. The quantitative estimate of drug-likeness (QED) is 0.878. The standard InChI is InChI=1S/C15H20ClNO3/c1-2-14(20-12-7-5-11(16)6-8-12)15(18)17-10-13-4-3-9-19-13/h5-8,13-14H,2-4,9-10H2,1H3,(H,17,18)/t13-,14-/m1/s1. The van der Waals surface area contributed by atoms with Crippen LogP contribution in [0.1, 0.15) is 26.2 Å². The summed E-state index contributed by atoms with van der Waals surface area (Å²) in [5.74, 6) is 0.548. The molecule has 0 radical (unpaired) electrons. The van der Waals surface area contributed by atoms with Crippen molar-refractivity contribution in [2.75, 3.05) is 13.2 Å². The average molecular weight is 298 g/mol. The molecule has 1 aliphatic heterocycles. The molecule has 1 saturated heterocycles. The van der Waals surface area contributed by atoms with Gasteiger partial charge in [-0.15, -0.1) is 0 Å². The van der Waals surface area contributed by atoms with Crippen molar-refractivity contribution >= 4 is 17.5 Å². The first-order chi connectivity index (χ1) is 9.69. The van der Waals surface area contributed by atoms with Crippen molar-refractivity contribution in [3.63, 3.8) is 0 Å². The first-order valence-electron chi connectivity index (χ1n) is 7.00. The summed E-state index contributed by atoms with van der Waals surface area (Å²) >= 11 is 5.82. The number of carbonyl (C=O) groups is 1. The predicted molar refractivity (Wildman–Crippen MR) is 78.1 cm³/mol. The molecular formula is C15H20ClNO3. The van der Waals surface area contributed by atoms with E-state index in [1.165, 1.54) is 0 Å². The Morgan fingerprint density at radius 1 is 1.50 bits per heavy atom. The van der Waals surface area contributed by atoms with Crippen LogP contribution >= 0.6 is 11.6 Å². The Morgan fingerprint density at radius 3 is 2.85 bits per heavy atom. The summed E-state index contributed by atoms with van der Waals surface area (Å²) in [5.41, 5.74) is 0. The highest BCUT2D eigenvalue weighted by atomic mass is 35.5. The highest BCUT2D eigenvalue weighted by Crippen LogP contribution is 2.18. The van der Waals surface area contributed by atoms with Gasteiger partial charge in [0.05, 0.1) is 6.10 Å². The number of hydrogen-bond acceptors (Lipinski definition) is 3. The Kier molecular flexibility index (Phi) is 5.68. The number of halogens is 1. The van der Waals surface area contributed by atoms with Gasteiger partial charge in [0.25, 0.3) is 5.91 Å². The van der Waals surface area contributed by atoms with Crippen molar-refractivity contribution < 1.29 is 14.3 Å². The van der Waals surface area contributed by atoms with Crippen molar-refractivity contribution in [1.29, 1.82) is 0 Å². The third kappa shape index (κ3) is 4.39. The van der Waals surface area contributed by atoms with Gasteiger partial charge >= 0.3 is 0 Å². The van der Waals surface area contributed by atoms with Crippen molar-refractivity contribution in [3.05, 3.63) is 29.3 Å². The van der Waals surface area contributed by atoms with E-state index in [-0.39, 0.29) is 12.0 Å². The Bertz CT molecular complexity index is 429. The van der Waals surface area contributed by atoms with E-state index in [0.29, 0.717) is 23.7 Å². The fourth-order valence-corrected chi connectivity index (χ4v) is 2.26. The molecule has 0 aromatic heterocycles. The summed E-state index contributed by atoms with van der Waals surface area (Å²) in [4.78, 5) is 12.1. The molecule has 4 nitrogen and oxygen atoms in total. The molecule has 1 N–H and O–H groups in total. The summed E-state index contributed by atoms with van der Waals surface area (Å²) < 4.78 is 11.2. The lowest BCUT2D eigenvalue weighted by atomic mass is 10.2. The predicted octanol–water partition coefficient (Wildman–Crippen LogP) is 2.79. The number of hydrogen-bond donors (Lipinski definition) is 1. The largest absolute Gasteiger partial charge is 0.481 e. The van der Waals surface area contributed by atoms with Gasteiger partial charge in [-0.2, -0.15) is 0 Å². The Hall–Kier alpha value is -1.26. The van der Waals surface area contributed by atoms with Crippen LogP contribution in [0.4, 0.5) is 0 Å². The molecule has 5 heteroatoms. The van der Waals surface area contributed by atoms with Gasteiger partial charge in [-0.3, -0.25) is 4.79 Å². The number of ether oxygens (including phenoxy) is 2. The highest BCUT2D eigenvalue weighted by molar-refractivity contribution is 6.30. The summed E-state index contributed by atoms with van der Waals surface area (Å²) in [5, 5.41) is 3.54. The number of benzene rings is 1. The zero-order valence-corrected chi connectivity index (χ0v) is 12.4. The van der Waals surface area contributed by atoms with E-state index in [4.69, 9.17) is 21.1 Å². The third-order valence-corrected chi connectivity index (χ3v) is 3.54. The zero-order chi connectivity index (χ0) is 14.4. The van der Waals surface area contributed by atoms with Gasteiger partial charge < -0.3 is 14.8 Å².